The minimum absolute atomic E-state index is 0.00728. The summed E-state index contributed by atoms with van der Waals surface area (Å²) in [6.45, 7) is 21.4. The summed E-state index contributed by atoms with van der Waals surface area (Å²) >= 11 is 0. The number of benzene rings is 7. The van der Waals surface area contributed by atoms with E-state index in [1.807, 2.05) is 0 Å². The van der Waals surface area contributed by atoms with E-state index in [0.29, 0.717) is 0 Å². The number of hydrogen-bond donors (Lipinski definition) is 0. The maximum absolute atomic E-state index is 2.82. The van der Waals surface area contributed by atoms with E-state index in [1.165, 1.54) is 189 Å². The molecule has 0 radical (unpaired) electrons. The molecule has 378 valence electrons. The second-order valence-corrected chi connectivity index (χ2v) is 22.7. The molecule has 0 atom stereocenters. The first-order valence-electron chi connectivity index (χ1n) is 29.1. The second-order valence-electron chi connectivity index (χ2n) is 22.7. The monoisotopic (exact) mass is 965 g/mol. The van der Waals surface area contributed by atoms with Crippen LogP contribution in [0, 0.1) is 0 Å². The van der Waals surface area contributed by atoms with Gasteiger partial charge >= 0.3 is 0 Å². The van der Waals surface area contributed by atoms with Crippen molar-refractivity contribution in [3.8, 4) is 22.3 Å². The first kappa shape index (κ1) is 52.1. The molecule has 0 N–H and O–H groups in total. The smallest absolute Gasteiger partial charge is 0.252 e. The molecule has 0 saturated carbocycles. The lowest BCUT2D eigenvalue weighted by Gasteiger charge is -2.46. The van der Waals surface area contributed by atoms with Crippen LogP contribution < -0.4 is 26.2 Å². The van der Waals surface area contributed by atoms with Crippen molar-refractivity contribution < 1.29 is 0 Å². The highest BCUT2D eigenvalue weighted by molar-refractivity contribution is 7.00. The predicted octanol–water partition coefficient (Wildman–Crippen LogP) is 18.5. The Morgan fingerprint density at radius 3 is 1.03 bits per heavy atom. The molecule has 0 aromatic heterocycles. The highest BCUT2D eigenvalue weighted by Crippen LogP contribution is 2.50. The third-order valence-electron chi connectivity index (χ3n) is 16.1. The number of unbranched alkanes of at least 4 members (excludes halogenated alkanes) is 6. The maximum atomic E-state index is 2.82. The standard InChI is InChI=1S/C70H85BN2/c1-10-16-28-50-42-56(30-18-12-3)68(57(43-50)31-19-13-4)72-63-40-38-54(52-34-24-22-25-35-52)46-61(63)71-62-47-55(53-36-26-23-27-37-53)39-41-64(62)73(66-49-60(70(7,8)9)48-65(72)67(66)71)69-58(32-20-14-5)44-51(29-17-11-2)45-59(69)33-21-15-6/h22-27,34-49H,10-21,28-33H2,1-9H3. The molecular weight excluding hydrogens is 880 g/mol. The molecule has 0 bridgehead atoms. The Kier molecular flexibility index (Phi) is 16.8. The van der Waals surface area contributed by atoms with Crippen molar-refractivity contribution in [3.05, 3.63) is 172 Å². The summed E-state index contributed by atoms with van der Waals surface area (Å²) in [7, 11) is 0. The topological polar surface area (TPSA) is 6.48 Å². The van der Waals surface area contributed by atoms with Gasteiger partial charge in [-0.15, -0.1) is 0 Å². The van der Waals surface area contributed by atoms with E-state index in [4.69, 9.17) is 0 Å². The van der Waals surface area contributed by atoms with Crippen LogP contribution in [0.1, 0.15) is 178 Å². The van der Waals surface area contributed by atoms with Gasteiger partial charge in [0.25, 0.3) is 6.71 Å². The fraction of sp³-hybridized carbons (Fsp3) is 0.400. The van der Waals surface area contributed by atoms with Crippen LogP contribution in [0.4, 0.5) is 34.1 Å². The van der Waals surface area contributed by atoms with Gasteiger partial charge in [0.15, 0.2) is 0 Å². The van der Waals surface area contributed by atoms with Gasteiger partial charge in [0.1, 0.15) is 0 Å². The van der Waals surface area contributed by atoms with Crippen LogP contribution in [-0.4, -0.2) is 6.71 Å². The van der Waals surface area contributed by atoms with Gasteiger partial charge in [0.05, 0.1) is 11.4 Å². The lowest BCUT2D eigenvalue weighted by molar-refractivity contribution is 0.590. The maximum Gasteiger partial charge on any atom is 0.252 e. The van der Waals surface area contributed by atoms with Gasteiger partial charge in [0, 0.05) is 22.7 Å². The van der Waals surface area contributed by atoms with Crippen LogP contribution in [0.3, 0.4) is 0 Å². The number of nitrogens with zero attached hydrogens (tertiary/aromatic N) is 2. The molecule has 7 aromatic rings. The Bertz CT molecular complexity index is 2730. The molecule has 9 rings (SSSR count). The van der Waals surface area contributed by atoms with Gasteiger partial charge in [-0.1, -0.05) is 210 Å². The van der Waals surface area contributed by atoms with Gasteiger partial charge in [0.2, 0.25) is 0 Å². The number of anilines is 6. The van der Waals surface area contributed by atoms with Crippen LogP contribution in [0.5, 0.6) is 0 Å². The van der Waals surface area contributed by atoms with Gasteiger partial charge in [-0.05, 0) is 184 Å². The summed E-state index contributed by atoms with van der Waals surface area (Å²) in [6.07, 6.45) is 20.8. The van der Waals surface area contributed by atoms with Crippen LogP contribution in [0.2, 0.25) is 0 Å². The van der Waals surface area contributed by atoms with Crippen molar-refractivity contribution in [1.82, 2.24) is 0 Å². The first-order valence-corrected chi connectivity index (χ1v) is 29.1. The number of fused-ring (bicyclic) bond motifs is 4. The van der Waals surface area contributed by atoms with Crippen molar-refractivity contribution >= 4 is 57.2 Å². The largest absolute Gasteiger partial charge is 0.311 e. The normalized spacial score (nSPS) is 12.8. The summed E-state index contributed by atoms with van der Waals surface area (Å²) in [6, 6.07) is 53.1. The molecule has 7 aromatic carbocycles. The molecule has 2 nitrogen and oxygen atoms in total. The zero-order valence-corrected chi connectivity index (χ0v) is 46.4. The minimum atomic E-state index is -0.104. The fourth-order valence-corrected chi connectivity index (χ4v) is 12.1. The summed E-state index contributed by atoms with van der Waals surface area (Å²) in [5, 5.41) is 0. The van der Waals surface area contributed by atoms with E-state index in [1.54, 1.807) is 0 Å². The average molecular weight is 965 g/mol. The van der Waals surface area contributed by atoms with E-state index in [9.17, 15) is 0 Å². The van der Waals surface area contributed by atoms with Crippen LogP contribution in [0.15, 0.2) is 133 Å². The van der Waals surface area contributed by atoms with E-state index in [-0.39, 0.29) is 12.1 Å². The molecular formula is C70H85BN2. The average Bonchev–Trinajstić information content (AvgIpc) is 3.41. The number of aryl methyl sites for hydroxylation is 6. The molecule has 0 fully saturated rings. The molecule has 0 unspecified atom stereocenters. The Hall–Kier alpha value is -5.80. The molecule has 0 saturated heterocycles. The third-order valence-corrected chi connectivity index (χ3v) is 16.1. The van der Waals surface area contributed by atoms with Crippen LogP contribution in [-0.2, 0) is 43.9 Å². The number of hydrogen-bond acceptors (Lipinski definition) is 2. The van der Waals surface area contributed by atoms with Crippen molar-refractivity contribution in [2.75, 3.05) is 9.80 Å². The summed E-state index contributed by atoms with van der Waals surface area (Å²) in [5.74, 6) is 0. The molecule has 2 aliphatic heterocycles. The van der Waals surface area contributed by atoms with Gasteiger partial charge in [-0.3, -0.25) is 0 Å². The summed E-state index contributed by atoms with van der Waals surface area (Å²) < 4.78 is 0. The van der Waals surface area contributed by atoms with Gasteiger partial charge < -0.3 is 9.80 Å². The molecule has 0 spiro atoms. The van der Waals surface area contributed by atoms with Crippen LogP contribution in [0.25, 0.3) is 22.3 Å². The first-order chi connectivity index (χ1) is 35.6. The van der Waals surface area contributed by atoms with Crippen molar-refractivity contribution in [2.24, 2.45) is 0 Å². The fourth-order valence-electron chi connectivity index (χ4n) is 12.1. The highest BCUT2D eigenvalue weighted by Gasteiger charge is 2.45. The SMILES string of the molecule is CCCCc1cc(CCCC)c(N2c3ccc(-c4ccccc4)cc3B3c4cc(-c5ccccc5)ccc4N(c4c(CCCC)cc(CCCC)cc4CCCC)c4cc(C(C)(C)C)cc2c43)c(CCCC)c1. The Morgan fingerprint density at radius 2 is 0.699 bits per heavy atom. The lowest BCUT2D eigenvalue weighted by atomic mass is 9.33. The third kappa shape index (κ3) is 10.9. The Morgan fingerprint density at radius 1 is 0.356 bits per heavy atom. The molecule has 0 aliphatic carbocycles. The zero-order valence-electron chi connectivity index (χ0n) is 46.4. The summed E-state index contributed by atoms with van der Waals surface area (Å²) in [5.41, 5.74) is 27.9. The Balaban J connectivity index is 1.45. The molecule has 3 heteroatoms. The molecule has 2 aliphatic rings. The molecule has 0 amide bonds. The zero-order chi connectivity index (χ0) is 51.1. The lowest BCUT2D eigenvalue weighted by Crippen LogP contribution is -2.61. The molecule has 2 heterocycles. The number of rotatable bonds is 22. The van der Waals surface area contributed by atoms with Crippen molar-refractivity contribution in [1.29, 1.82) is 0 Å². The van der Waals surface area contributed by atoms with Crippen molar-refractivity contribution in [3.63, 3.8) is 0 Å². The predicted molar refractivity (Wildman–Crippen MR) is 322 cm³/mol. The van der Waals surface area contributed by atoms with Crippen LogP contribution >= 0.6 is 0 Å². The summed E-state index contributed by atoms with van der Waals surface area (Å²) in [4.78, 5) is 5.64. The van der Waals surface area contributed by atoms with E-state index in [0.717, 1.165) is 38.5 Å². The highest BCUT2D eigenvalue weighted by atomic mass is 15.2. The van der Waals surface area contributed by atoms with E-state index < -0.39 is 0 Å². The second kappa shape index (κ2) is 23.6. The minimum Gasteiger partial charge on any atom is -0.311 e. The van der Waals surface area contributed by atoms with E-state index >= 15 is 0 Å². The van der Waals surface area contributed by atoms with Gasteiger partial charge in [-0.2, -0.15) is 0 Å². The van der Waals surface area contributed by atoms with Gasteiger partial charge in [-0.25, -0.2) is 0 Å². The Labute approximate surface area is 442 Å². The molecule has 73 heavy (non-hydrogen) atoms. The van der Waals surface area contributed by atoms with Crippen molar-refractivity contribution in [2.45, 2.75) is 183 Å². The quantitative estimate of drug-likeness (QED) is 0.0625. The van der Waals surface area contributed by atoms with E-state index in [2.05, 4.69) is 206 Å².